The van der Waals surface area contributed by atoms with E-state index in [2.05, 4.69) is 30.8 Å². The first-order chi connectivity index (χ1) is 7.22. The molecule has 0 aliphatic heterocycles. The van der Waals surface area contributed by atoms with Crippen LogP contribution in [0, 0.1) is 5.92 Å². The van der Waals surface area contributed by atoms with Crippen LogP contribution in [0.3, 0.4) is 0 Å². The lowest BCUT2D eigenvalue weighted by atomic mass is 10.1. The van der Waals surface area contributed by atoms with Crippen LogP contribution < -0.4 is 0 Å². The van der Waals surface area contributed by atoms with Crippen molar-refractivity contribution in [2.45, 2.75) is 39.0 Å². The molecule has 1 aliphatic rings. The summed E-state index contributed by atoms with van der Waals surface area (Å²) in [6.45, 7) is 7.38. The molecule has 0 spiro atoms. The van der Waals surface area contributed by atoms with Gasteiger partial charge in [0.1, 0.15) is 0 Å². The molecule has 0 aromatic heterocycles. The Morgan fingerprint density at radius 1 is 1.07 bits per heavy atom. The van der Waals surface area contributed by atoms with Crippen molar-refractivity contribution in [3.05, 3.63) is 0 Å². The second kappa shape index (κ2) is 7.24. The summed E-state index contributed by atoms with van der Waals surface area (Å²) >= 11 is 0. The minimum absolute atomic E-state index is 1.00. The molecule has 0 bridgehead atoms. The summed E-state index contributed by atoms with van der Waals surface area (Å²) in [4.78, 5) is 4.92. The normalized spacial score (nSPS) is 18.2. The molecule has 90 valence electrons. The van der Waals surface area contributed by atoms with E-state index < -0.39 is 0 Å². The second-order valence-corrected chi connectivity index (χ2v) is 5.20. The van der Waals surface area contributed by atoms with Gasteiger partial charge in [-0.1, -0.05) is 19.8 Å². The fourth-order valence-corrected chi connectivity index (χ4v) is 2.55. The summed E-state index contributed by atoms with van der Waals surface area (Å²) < 4.78 is 0. The second-order valence-electron chi connectivity index (χ2n) is 5.20. The third-order valence-electron chi connectivity index (χ3n) is 3.52. The molecule has 0 aromatic carbocycles. The van der Waals surface area contributed by atoms with Crippen molar-refractivity contribution in [3.8, 4) is 0 Å². The molecule has 1 rings (SSSR count). The van der Waals surface area contributed by atoms with Crippen molar-refractivity contribution in [1.82, 2.24) is 9.80 Å². The zero-order valence-corrected chi connectivity index (χ0v) is 10.8. The van der Waals surface area contributed by atoms with Crippen LogP contribution in [0.2, 0.25) is 0 Å². The summed E-state index contributed by atoms with van der Waals surface area (Å²) in [5.74, 6) is 1.00. The van der Waals surface area contributed by atoms with E-state index in [0.29, 0.717) is 0 Å². The fraction of sp³-hybridized carbons (Fsp3) is 1.00. The summed E-state index contributed by atoms with van der Waals surface area (Å²) in [6.07, 6.45) is 7.21. The Labute approximate surface area is 95.6 Å². The highest BCUT2D eigenvalue weighted by Crippen LogP contribution is 2.25. The summed E-state index contributed by atoms with van der Waals surface area (Å²) in [5.41, 5.74) is 0. The van der Waals surface area contributed by atoms with Crippen LogP contribution in [-0.2, 0) is 0 Å². The minimum Gasteiger partial charge on any atom is -0.309 e. The van der Waals surface area contributed by atoms with E-state index in [1.54, 1.807) is 0 Å². The predicted octanol–water partition coefficient (Wildman–Crippen LogP) is 2.45. The molecule has 0 N–H and O–H groups in total. The van der Waals surface area contributed by atoms with Gasteiger partial charge in [-0.15, -0.1) is 0 Å². The lowest BCUT2D eigenvalue weighted by Crippen LogP contribution is -2.31. The van der Waals surface area contributed by atoms with Gasteiger partial charge in [-0.05, 0) is 58.9 Å². The van der Waals surface area contributed by atoms with E-state index in [1.165, 1.54) is 58.3 Å². The van der Waals surface area contributed by atoms with Crippen LogP contribution in [0.15, 0.2) is 0 Å². The van der Waals surface area contributed by atoms with Crippen molar-refractivity contribution < 1.29 is 0 Å². The maximum Gasteiger partial charge on any atom is 0.000955 e. The first-order valence-corrected chi connectivity index (χ1v) is 6.59. The molecule has 0 amide bonds. The van der Waals surface area contributed by atoms with Crippen LogP contribution in [0.1, 0.15) is 39.0 Å². The topological polar surface area (TPSA) is 6.48 Å². The molecule has 0 aromatic rings. The Hall–Kier alpha value is -0.0800. The van der Waals surface area contributed by atoms with Crippen molar-refractivity contribution >= 4 is 0 Å². The minimum atomic E-state index is 1.00. The van der Waals surface area contributed by atoms with Gasteiger partial charge in [-0.2, -0.15) is 0 Å². The van der Waals surface area contributed by atoms with E-state index in [9.17, 15) is 0 Å². The lowest BCUT2D eigenvalue weighted by Gasteiger charge is -2.24. The van der Waals surface area contributed by atoms with Gasteiger partial charge in [-0.25, -0.2) is 0 Å². The van der Waals surface area contributed by atoms with Crippen molar-refractivity contribution in [2.75, 3.05) is 40.3 Å². The molecule has 0 atom stereocenters. The molecule has 1 fully saturated rings. The standard InChI is InChI=1S/C13H28N2/c1-4-15(11-7-10-14(2)3)12-13-8-5-6-9-13/h13H,4-12H2,1-3H3. The van der Waals surface area contributed by atoms with Gasteiger partial charge in [0.25, 0.3) is 0 Å². The SMILES string of the molecule is CCN(CCCN(C)C)CC1CCCC1. The van der Waals surface area contributed by atoms with Crippen LogP contribution in [0.5, 0.6) is 0 Å². The van der Waals surface area contributed by atoms with Gasteiger partial charge in [-0.3, -0.25) is 0 Å². The maximum absolute atomic E-state index is 2.64. The summed E-state index contributed by atoms with van der Waals surface area (Å²) in [5, 5.41) is 0. The smallest absolute Gasteiger partial charge is 0.000955 e. The van der Waals surface area contributed by atoms with E-state index >= 15 is 0 Å². The Balaban J connectivity index is 2.11. The quantitative estimate of drug-likeness (QED) is 0.639. The largest absolute Gasteiger partial charge is 0.309 e. The Kier molecular flexibility index (Phi) is 6.26. The van der Waals surface area contributed by atoms with Crippen LogP contribution in [-0.4, -0.2) is 50.1 Å². The van der Waals surface area contributed by atoms with Crippen molar-refractivity contribution in [3.63, 3.8) is 0 Å². The number of hydrogen-bond donors (Lipinski definition) is 0. The molecule has 0 saturated heterocycles. The predicted molar refractivity (Wildman–Crippen MR) is 67.2 cm³/mol. The molecule has 0 heterocycles. The molecule has 0 unspecified atom stereocenters. The monoisotopic (exact) mass is 212 g/mol. The highest BCUT2D eigenvalue weighted by molar-refractivity contribution is 4.71. The van der Waals surface area contributed by atoms with Gasteiger partial charge in [0.05, 0.1) is 0 Å². The molecular weight excluding hydrogens is 184 g/mol. The van der Waals surface area contributed by atoms with Crippen molar-refractivity contribution in [2.24, 2.45) is 5.92 Å². The molecule has 15 heavy (non-hydrogen) atoms. The zero-order valence-electron chi connectivity index (χ0n) is 10.8. The Morgan fingerprint density at radius 3 is 2.27 bits per heavy atom. The molecule has 0 radical (unpaired) electrons. The first-order valence-electron chi connectivity index (χ1n) is 6.59. The van der Waals surface area contributed by atoms with Crippen LogP contribution in [0.25, 0.3) is 0 Å². The zero-order chi connectivity index (χ0) is 11.1. The molecular formula is C13H28N2. The van der Waals surface area contributed by atoms with E-state index in [4.69, 9.17) is 0 Å². The van der Waals surface area contributed by atoms with E-state index in [0.717, 1.165) is 5.92 Å². The van der Waals surface area contributed by atoms with Gasteiger partial charge >= 0.3 is 0 Å². The Bertz CT molecular complexity index is 151. The van der Waals surface area contributed by atoms with Gasteiger partial charge in [0.2, 0.25) is 0 Å². The first kappa shape index (κ1) is 13.0. The molecule has 2 nitrogen and oxygen atoms in total. The number of rotatable bonds is 7. The average molecular weight is 212 g/mol. The molecule has 1 aliphatic carbocycles. The maximum atomic E-state index is 2.64. The third kappa shape index (κ3) is 5.53. The third-order valence-corrected chi connectivity index (χ3v) is 3.52. The van der Waals surface area contributed by atoms with Crippen LogP contribution >= 0.6 is 0 Å². The van der Waals surface area contributed by atoms with E-state index in [1.807, 2.05) is 0 Å². The lowest BCUT2D eigenvalue weighted by molar-refractivity contribution is 0.229. The average Bonchev–Trinajstić information content (AvgIpc) is 2.68. The molecule has 2 heteroatoms. The molecule has 1 saturated carbocycles. The van der Waals surface area contributed by atoms with Gasteiger partial charge in [0, 0.05) is 6.54 Å². The summed E-state index contributed by atoms with van der Waals surface area (Å²) in [6, 6.07) is 0. The van der Waals surface area contributed by atoms with E-state index in [-0.39, 0.29) is 0 Å². The number of hydrogen-bond acceptors (Lipinski definition) is 2. The Morgan fingerprint density at radius 2 is 1.73 bits per heavy atom. The summed E-state index contributed by atoms with van der Waals surface area (Å²) in [7, 11) is 4.32. The van der Waals surface area contributed by atoms with Crippen molar-refractivity contribution in [1.29, 1.82) is 0 Å². The number of nitrogens with zero attached hydrogens (tertiary/aromatic N) is 2. The highest BCUT2D eigenvalue weighted by Gasteiger charge is 2.17. The van der Waals surface area contributed by atoms with Gasteiger partial charge < -0.3 is 9.80 Å². The fourth-order valence-electron chi connectivity index (χ4n) is 2.55. The van der Waals surface area contributed by atoms with Crippen LogP contribution in [0.4, 0.5) is 0 Å². The van der Waals surface area contributed by atoms with Gasteiger partial charge in [0.15, 0.2) is 0 Å². The highest BCUT2D eigenvalue weighted by atomic mass is 15.1.